The van der Waals surface area contributed by atoms with E-state index in [0.717, 1.165) is 6.17 Å². The summed E-state index contributed by atoms with van der Waals surface area (Å²) >= 11 is 0. The van der Waals surface area contributed by atoms with Crippen LogP contribution >= 0.6 is 0 Å². The fourth-order valence-corrected chi connectivity index (χ4v) is 0.404. The molecule has 0 bridgehead atoms. The molecule has 0 unspecified atom stereocenters. The van der Waals surface area contributed by atoms with E-state index in [-0.39, 0.29) is 0 Å². The highest BCUT2D eigenvalue weighted by Crippen LogP contribution is 1.94. The summed E-state index contributed by atoms with van der Waals surface area (Å²) < 4.78 is 0. The lowest BCUT2D eigenvalue weighted by Crippen LogP contribution is -2.11. The van der Waals surface area contributed by atoms with E-state index in [1.165, 1.54) is 0 Å². The van der Waals surface area contributed by atoms with Crippen molar-refractivity contribution in [3.05, 3.63) is 18.4 Å². The van der Waals surface area contributed by atoms with E-state index in [0.29, 0.717) is 0 Å². The van der Waals surface area contributed by atoms with E-state index in [9.17, 15) is 0 Å². The van der Waals surface area contributed by atoms with Crippen LogP contribution in [0.15, 0.2) is 17.3 Å². The molecule has 1 radical (unpaired) electrons. The highest BCUT2D eigenvalue weighted by atomic mass is 15.0. The van der Waals surface area contributed by atoms with Gasteiger partial charge in [-0.15, -0.1) is 0 Å². The first-order valence-electron chi connectivity index (χ1n) is 2.19. The quantitative estimate of drug-likeness (QED) is 0.470. The van der Waals surface area contributed by atoms with Gasteiger partial charge in [0, 0.05) is 6.21 Å². The number of nitrogens with one attached hydrogen (secondary N) is 1. The molecule has 2 heteroatoms. The molecule has 0 saturated carbocycles. The first kappa shape index (κ1) is 4.37. The van der Waals surface area contributed by atoms with Crippen molar-refractivity contribution < 1.29 is 0 Å². The third-order valence-electron chi connectivity index (χ3n) is 0.743. The Morgan fingerprint density at radius 3 is 2.86 bits per heavy atom. The summed E-state index contributed by atoms with van der Waals surface area (Å²) in [5, 5.41) is 2.92. The Morgan fingerprint density at radius 2 is 2.57 bits per heavy atom. The van der Waals surface area contributed by atoms with Crippen molar-refractivity contribution in [1.29, 1.82) is 0 Å². The van der Waals surface area contributed by atoms with Gasteiger partial charge in [-0.05, 0) is 19.2 Å². The van der Waals surface area contributed by atoms with Gasteiger partial charge in [0.2, 0.25) is 0 Å². The Kier molecular flexibility index (Phi) is 1.11. The maximum atomic E-state index is 3.92. The van der Waals surface area contributed by atoms with Crippen LogP contribution in [0.25, 0.3) is 0 Å². The lowest BCUT2D eigenvalue weighted by Gasteiger charge is -2.04. The van der Waals surface area contributed by atoms with Crippen LogP contribution in [-0.4, -0.2) is 6.21 Å². The fourth-order valence-electron chi connectivity index (χ4n) is 0.404. The minimum absolute atomic E-state index is 0.947. The molecule has 0 fully saturated rings. The van der Waals surface area contributed by atoms with Gasteiger partial charge < -0.3 is 5.32 Å². The average molecular weight is 95.1 g/mol. The summed E-state index contributed by atoms with van der Waals surface area (Å²) in [7, 11) is 0. The third-order valence-corrected chi connectivity index (χ3v) is 0.743. The lowest BCUT2D eigenvalue weighted by molar-refractivity contribution is 0.843. The number of hydrogen-bond acceptors (Lipinski definition) is 2. The maximum absolute atomic E-state index is 3.92. The molecule has 0 atom stereocenters. The van der Waals surface area contributed by atoms with Crippen LogP contribution in [0.3, 0.4) is 0 Å². The van der Waals surface area contributed by atoms with Crippen LogP contribution in [0.2, 0.25) is 0 Å². The second kappa shape index (κ2) is 1.78. The van der Waals surface area contributed by atoms with Crippen LogP contribution in [0.1, 0.15) is 6.92 Å². The van der Waals surface area contributed by atoms with Gasteiger partial charge in [-0.1, -0.05) is 0 Å². The van der Waals surface area contributed by atoms with Gasteiger partial charge in [-0.3, -0.25) is 4.99 Å². The van der Waals surface area contributed by atoms with Crippen molar-refractivity contribution in [3.63, 3.8) is 0 Å². The van der Waals surface area contributed by atoms with E-state index >= 15 is 0 Å². The Bertz CT molecular complexity index is 105. The molecular weight excluding hydrogens is 88.1 g/mol. The molecule has 0 aromatic rings. The van der Waals surface area contributed by atoms with Gasteiger partial charge in [0.05, 0.1) is 0 Å². The Hall–Kier alpha value is -0.790. The third kappa shape index (κ3) is 1.03. The molecule has 0 aromatic carbocycles. The molecule has 0 aromatic heterocycles. The molecule has 0 saturated heterocycles. The van der Waals surface area contributed by atoms with Crippen molar-refractivity contribution >= 4 is 6.21 Å². The Balaban J connectivity index is 2.49. The molecule has 0 spiro atoms. The first-order chi connectivity index (χ1) is 3.39. The van der Waals surface area contributed by atoms with Gasteiger partial charge in [-0.2, -0.15) is 0 Å². The highest BCUT2D eigenvalue weighted by molar-refractivity contribution is 5.72. The van der Waals surface area contributed by atoms with Crippen molar-refractivity contribution in [2.75, 3.05) is 0 Å². The predicted molar refractivity (Wildman–Crippen MR) is 29.7 cm³/mol. The topological polar surface area (TPSA) is 24.4 Å². The highest BCUT2D eigenvalue weighted by Gasteiger charge is 1.93. The SMILES string of the molecule is C[C]1N=CC=CN1. The molecular formula is C5H7N2. The number of rotatable bonds is 0. The summed E-state index contributed by atoms with van der Waals surface area (Å²) in [6.45, 7) is 1.92. The summed E-state index contributed by atoms with van der Waals surface area (Å²) in [5.74, 6) is 0. The van der Waals surface area contributed by atoms with Crippen molar-refractivity contribution in [2.24, 2.45) is 4.99 Å². The van der Waals surface area contributed by atoms with Crippen molar-refractivity contribution in [2.45, 2.75) is 6.92 Å². The smallest absolute Gasteiger partial charge is 0.169 e. The number of aliphatic imine (C=N–C) groups is 1. The number of hydrogen-bond donors (Lipinski definition) is 1. The molecule has 1 aliphatic rings. The Morgan fingerprint density at radius 1 is 1.71 bits per heavy atom. The predicted octanol–water partition coefficient (Wildman–Crippen LogP) is 0.683. The summed E-state index contributed by atoms with van der Waals surface area (Å²) in [5.41, 5.74) is 0. The van der Waals surface area contributed by atoms with Crippen LogP contribution < -0.4 is 5.32 Å². The standard InChI is InChI=1S/C5H7N2/c1-5-6-3-2-4-7-5/h2-4,6H,1H3. The van der Waals surface area contributed by atoms with Crippen LogP contribution in [0.5, 0.6) is 0 Å². The minimum Gasteiger partial charge on any atom is -0.364 e. The normalized spacial score (nSPS) is 19.6. The second-order valence-corrected chi connectivity index (χ2v) is 1.37. The molecule has 0 aliphatic carbocycles. The molecule has 1 aliphatic heterocycles. The minimum atomic E-state index is 0.947. The molecule has 37 valence electrons. The zero-order valence-corrected chi connectivity index (χ0v) is 4.18. The molecule has 2 nitrogen and oxygen atoms in total. The van der Waals surface area contributed by atoms with E-state index in [1.807, 2.05) is 19.2 Å². The summed E-state index contributed by atoms with van der Waals surface area (Å²) in [6.07, 6.45) is 6.41. The largest absolute Gasteiger partial charge is 0.364 e. The zero-order chi connectivity index (χ0) is 5.11. The average Bonchev–Trinajstić information content (AvgIpc) is 1.69. The monoisotopic (exact) mass is 95.1 g/mol. The van der Waals surface area contributed by atoms with Crippen LogP contribution in [0.4, 0.5) is 0 Å². The van der Waals surface area contributed by atoms with Crippen LogP contribution in [-0.2, 0) is 0 Å². The van der Waals surface area contributed by atoms with Gasteiger partial charge in [0.15, 0.2) is 6.17 Å². The van der Waals surface area contributed by atoms with Gasteiger partial charge >= 0.3 is 0 Å². The van der Waals surface area contributed by atoms with E-state index in [4.69, 9.17) is 0 Å². The summed E-state index contributed by atoms with van der Waals surface area (Å²) in [4.78, 5) is 3.92. The number of nitrogens with zero attached hydrogens (tertiary/aromatic N) is 1. The molecule has 1 N–H and O–H groups in total. The van der Waals surface area contributed by atoms with Crippen LogP contribution in [0, 0.1) is 6.17 Å². The second-order valence-electron chi connectivity index (χ2n) is 1.37. The van der Waals surface area contributed by atoms with E-state index < -0.39 is 0 Å². The molecule has 0 amide bonds. The zero-order valence-electron chi connectivity index (χ0n) is 4.18. The van der Waals surface area contributed by atoms with Crippen molar-refractivity contribution in [1.82, 2.24) is 5.32 Å². The first-order valence-corrected chi connectivity index (χ1v) is 2.19. The van der Waals surface area contributed by atoms with E-state index in [2.05, 4.69) is 10.3 Å². The molecule has 1 rings (SSSR count). The maximum Gasteiger partial charge on any atom is 0.169 e. The van der Waals surface area contributed by atoms with Gasteiger partial charge in [-0.25, -0.2) is 0 Å². The van der Waals surface area contributed by atoms with E-state index in [1.54, 1.807) is 6.21 Å². The molecule has 1 heterocycles. The lowest BCUT2D eigenvalue weighted by atomic mass is 10.5. The van der Waals surface area contributed by atoms with Gasteiger partial charge in [0.25, 0.3) is 0 Å². The molecule has 7 heavy (non-hydrogen) atoms. The number of allylic oxidation sites excluding steroid dienone is 1. The Labute approximate surface area is 42.9 Å². The summed E-state index contributed by atoms with van der Waals surface area (Å²) in [6, 6.07) is 0. The van der Waals surface area contributed by atoms with Gasteiger partial charge in [0.1, 0.15) is 0 Å². The van der Waals surface area contributed by atoms with Crippen molar-refractivity contribution in [3.8, 4) is 0 Å². The fraction of sp³-hybridized carbons (Fsp3) is 0.200.